The SMILES string of the molecule is CNCC1CCN(S(=O)(=O)c2cccs2)C1.Cl. The Balaban J connectivity index is 0.00000144. The molecule has 0 aromatic carbocycles. The fourth-order valence-corrected chi connectivity index (χ4v) is 4.68. The highest BCUT2D eigenvalue weighted by molar-refractivity contribution is 7.91. The molecular weight excluding hydrogens is 280 g/mol. The van der Waals surface area contributed by atoms with E-state index < -0.39 is 10.0 Å². The Morgan fingerprint density at radius 1 is 1.59 bits per heavy atom. The Morgan fingerprint density at radius 2 is 2.35 bits per heavy atom. The molecule has 1 aliphatic rings. The lowest BCUT2D eigenvalue weighted by Crippen LogP contribution is -2.29. The summed E-state index contributed by atoms with van der Waals surface area (Å²) in [4.78, 5) is 0. The number of rotatable bonds is 4. The van der Waals surface area contributed by atoms with E-state index in [0.29, 0.717) is 23.2 Å². The molecule has 1 N–H and O–H groups in total. The number of hydrogen-bond donors (Lipinski definition) is 1. The molecule has 4 nitrogen and oxygen atoms in total. The first-order valence-electron chi connectivity index (χ1n) is 5.33. The highest BCUT2D eigenvalue weighted by Gasteiger charge is 2.32. The van der Waals surface area contributed by atoms with E-state index >= 15 is 0 Å². The van der Waals surface area contributed by atoms with Gasteiger partial charge in [-0.15, -0.1) is 23.7 Å². The van der Waals surface area contributed by atoms with Crippen LogP contribution in [-0.4, -0.2) is 39.4 Å². The van der Waals surface area contributed by atoms with Crippen LogP contribution in [0.2, 0.25) is 0 Å². The molecule has 1 fully saturated rings. The van der Waals surface area contributed by atoms with Crippen LogP contribution in [0.5, 0.6) is 0 Å². The summed E-state index contributed by atoms with van der Waals surface area (Å²) in [5, 5.41) is 4.90. The second-order valence-electron chi connectivity index (χ2n) is 4.01. The van der Waals surface area contributed by atoms with Crippen LogP contribution in [0.1, 0.15) is 6.42 Å². The van der Waals surface area contributed by atoms with E-state index in [0.717, 1.165) is 13.0 Å². The minimum atomic E-state index is -3.22. The summed E-state index contributed by atoms with van der Waals surface area (Å²) in [5.41, 5.74) is 0. The molecule has 0 saturated carbocycles. The maximum absolute atomic E-state index is 12.2. The van der Waals surface area contributed by atoms with Crippen LogP contribution in [-0.2, 0) is 10.0 Å². The van der Waals surface area contributed by atoms with Crippen LogP contribution in [0.25, 0.3) is 0 Å². The van der Waals surface area contributed by atoms with Crippen LogP contribution in [0.15, 0.2) is 21.7 Å². The minimum absolute atomic E-state index is 0. The molecule has 1 aromatic rings. The molecule has 1 unspecified atom stereocenters. The van der Waals surface area contributed by atoms with Crippen LogP contribution in [0.3, 0.4) is 0 Å². The molecule has 0 aliphatic carbocycles. The van der Waals surface area contributed by atoms with E-state index in [1.807, 2.05) is 7.05 Å². The van der Waals surface area contributed by atoms with Gasteiger partial charge >= 0.3 is 0 Å². The fraction of sp³-hybridized carbons (Fsp3) is 0.600. The molecule has 1 saturated heterocycles. The van der Waals surface area contributed by atoms with Crippen LogP contribution >= 0.6 is 23.7 Å². The quantitative estimate of drug-likeness (QED) is 0.914. The topological polar surface area (TPSA) is 49.4 Å². The van der Waals surface area contributed by atoms with Crippen molar-refractivity contribution in [2.45, 2.75) is 10.6 Å². The first kappa shape index (κ1) is 14.9. The van der Waals surface area contributed by atoms with Gasteiger partial charge in [-0.25, -0.2) is 8.42 Å². The minimum Gasteiger partial charge on any atom is -0.319 e. The number of sulfonamides is 1. The predicted octanol–water partition coefficient (Wildman–Crippen LogP) is 1.40. The van der Waals surface area contributed by atoms with E-state index in [1.165, 1.54) is 11.3 Å². The van der Waals surface area contributed by atoms with Crippen molar-refractivity contribution in [2.75, 3.05) is 26.7 Å². The number of hydrogen-bond acceptors (Lipinski definition) is 4. The van der Waals surface area contributed by atoms with Crippen molar-refractivity contribution in [3.63, 3.8) is 0 Å². The fourth-order valence-electron chi connectivity index (χ4n) is 2.01. The average molecular weight is 297 g/mol. The normalized spacial score (nSPS) is 21.4. The Hall–Kier alpha value is -0.140. The van der Waals surface area contributed by atoms with Gasteiger partial charge in [0.05, 0.1) is 0 Å². The smallest absolute Gasteiger partial charge is 0.252 e. The average Bonchev–Trinajstić information content (AvgIpc) is 2.88. The molecule has 0 bridgehead atoms. The van der Waals surface area contributed by atoms with Crippen molar-refractivity contribution in [3.05, 3.63) is 17.5 Å². The lowest BCUT2D eigenvalue weighted by atomic mass is 10.1. The molecule has 0 spiro atoms. The van der Waals surface area contributed by atoms with Crippen LogP contribution in [0, 0.1) is 5.92 Å². The van der Waals surface area contributed by atoms with E-state index in [-0.39, 0.29) is 12.4 Å². The van der Waals surface area contributed by atoms with Gasteiger partial charge in [0, 0.05) is 13.1 Å². The van der Waals surface area contributed by atoms with Gasteiger partial charge in [-0.05, 0) is 37.4 Å². The second kappa shape index (κ2) is 6.15. The molecule has 2 rings (SSSR count). The maximum atomic E-state index is 12.2. The lowest BCUT2D eigenvalue weighted by Gasteiger charge is -2.15. The van der Waals surface area contributed by atoms with Crippen molar-refractivity contribution in [1.29, 1.82) is 0 Å². The zero-order valence-corrected chi connectivity index (χ0v) is 12.1. The predicted molar refractivity (Wildman–Crippen MR) is 72.4 cm³/mol. The molecule has 2 heterocycles. The molecule has 98 valence electrons. The third kappa shape index (κ3) is 3.20. The first-order chi connectivity index (χ1) is 7.64. The van der Waals surface area contributed by atoms with Crippen LogP contribution < -0.4 is 5.32 Å². The zero-order valence-electron chi connectivity index (χ0n) is 9.63. The van der Waals surface area contributed by atoms with E-state index in [1.54, 1.807) is 21.8 Å². The van der Waals surface area contributed by atoms with Gasteiger partial charge in [0.2, 0.25) is 0 Å². The summed E-state index contributed by atoms with van der Waals surface area (Å²) in [6, 6.07) is 3.45. The van der Waals surface area contributed by atoms with Crippen molar-refractivity contribution >= 4 is 33.8 Å². The van der Waals surface area contributed by atoms with Gasteiger partial charge in [-0.3, -0.25) is 0 Å². The summed E-state index contributed by atoms with van der Waals surface area (Å²) in [7, 11) is -1.32. The van der Waals surface area contributed by atoms with Gasteiger partial charge in [0.15, 0.2) is 0 Å². The lowest BCUT2D eigenvalue weighted by molar-refractivity contribution is 0.452. The van der Waals surface area contributed by atoms with Gasteiger partial charge < -0.3 is 5.32 Å². The molecule has 17 heavy (non-hydrogen) atoms. The molecule has 1 atom stereocenters. The number of thiophene rings is 1. The van der Waals surface area contributed by atoms with E-state index in [2.05, 4.69) is 5.32 Å². The molecule has 0 amide bonds. The molecular formula is C10H17ClN2O2S2. The van der Waals surface area contributed by atoms with Gasteiger partial charge in [-0.2, -0.15) is 4.31 Å². The van der Waals surface area contributed by atoms with Crippen molar-refractivity contribution in [1.82, 2.24) is 9.62 Å². The molecule has 1 aliphatic heterocycles. The third-order valence-corrected chi connectivity index (χ3v) is 6.07. The van der Waals surface area contributed by atoms with Gasteiger partial charge in [-0.1, -0.05) is 6.07 Å². The monoisotopic (exact) mass is 296 g/mol. The second-order valence-corrected chi connectivity index (χ2v) is 7.12. The van der Waals surface area contributed by atoms with Gasteiger partial charge in [0.1, 0.15) is 4.21 Å². The Morgan fingerprint density at radius 3 is 2.94 bits per heavy atom. The largest absolute Gasteiger partial charge is 0.319 e. The third-order valence-electron chi connectivity index (χ3n) is 2.83. The Kier molecular flexibility index (Phi) is 5.40. The van der Waals surface area contributed by atoms with E-state index in [4.69, 9.17) is 0 Å². The van der Waals surface area contributed by atoms with Crippen molar-refractivity contribution in [3.8, 4) is 0 Å². The van der Waals surface area contributed by atoms with E-state index in [9.17, 15) is 8.42 Å². The molecule has 0 radical (unpaired) electrons. The van der Waals surface area contributed by atoms with Crippen molar-refractivity contribution < 1.29 is 8.42 Å². The number of halogens is 1. The zero-order chi connectivity index (χ0) is 11.6. The highest BCUT2D eigenvalue weighted by Crippen LogP contribution is 2.26. The Bertz CT molecular complexity index is 433. The summed E-state index contributed by atoms with van der Waals surface area (Å²) < 4.78 is 26.4. The van der Waals surface area contributed by atoms with Crippen LogP contribution in [0.4, 0.5) is 0 Å². The summed E-state index contributed by atoms with van der Waals surface area (Å²) in [6.07, 6.45) is 0.950. The summed E-state index contributed by atoms with van der Waals surface area (Å²) in [6.45, 7) is 2.17. The van der Waals surface area contributed by atoms with Crippen molar-refractivity contribution in [2.24, 2.45) is 5.92 Å². The highest BCUT2D eigenvalue weighted by atomic mass is 35.5. The number of nitrogens with one attached hydrogen (secondary N) is 1. The summed E-state index contributed by atoms with van der Waals surface area (Å²) in [5.74, 6) is 0.444. The maximum Gasteiger partial charge on any atom is 0.252 e. The number of nitrogens with zero attached hydrogens (tertiary/aromatic N) is 1. The molecule has 1 aromatic heterocycles. The molecule has 7 heteroatoms. The van der Waals surface area contributed by atoms with Gasteiger partial charge in [0.25, 0.3) is 10.0 Å². The Labute approximate surface area is 112 Å². The summed E-state index contributed by atoms with van der Waals surface area (Å²) >= 11 is 1.29. The standard InChI is InChI=1S/C10H16N2O2S2.ClH/c1-11-7-9-4-5-12(8-9)16(13,14)10-3-2-6-15-10;/h2-3,6,9,11H,4-5,7-8H2,1H3;1H. The first-order valence-corrected chi connectivity index (χ1v) is 7.65.